The molecule has 0 saturated carbocycles. The molecule has 1 aromatic rings. The van der Waals surface area contributed by atoms with Crippen LogP contribution in [-0.2, 0) is 0 Å². The summed E-state index contributed by atoms with van der Waals surface area (Å²) in [7, 11) is 0. The molecule has 1 fully saturated rings. The fourth-order valence-electron chi connectivity index (χ4n) is 2.30. The lowest BCUT2D eigenvalue weighted by molar-refractivity contribution is -0.384. The summed E-state index contributed by atoms with van der Waals surface area (Å²) in [6.07, 6.45) is 3.30. The van der Waals surface area contributed by atoms with E-state index in [9.17, 15) is 10.1 Å². The average molecular weight is 279 g/mol. The van der Waals surface area contributed by atoms with E-state index in [2.05, 4.69) is 29.1 Å². The summed E-state index contributed by atoms with van der Waals surface area (Å²) in [5, 5.41) is 14.1. The van der Waals surface area contributed by atoms with Crippen molar-refractivity contribution in [3.05, 3.63) is 16.3 Å². The molecule has 1 N–H and O–H groups in total. The van der Waals surface area contributed by atoms with E-state index in [0.29, 0.717) is 23.7 Å². The lowest BCUT2D eigenvalue weighted by Gasteiger charge is -2.37. The minimum atomic E-state index is -0.412. The second-order valence-corrected chi connectivity index (χ2v) is 5.84. The molecule has 0 bridgehead atoms. The molecule has 0 aromatic carbocycles. The van der Waals surface area contributed by atoms with Crippen molar-refractivity contribution in [3.8, 4) is 0 Å². The zero-order valence-corrected chi connectivity index (χ0v) is 12.2. The summed E-state index contributed by atoms with van der Waals surface area (Å²) >= 11 is 0. The van der Waals surface area contributed by atoms with Crippen LogP contribution in [0.3, 0.4) is 0 Å². The molecule has 7 heteroatoms. The lowest BCUT2D eigenvalue weighted by atomic mass is 9.83. The largest absolute Gasteiger partial charge is 0.354 e. The third-order valence-corrected chi connectivity index (χ3v) is 3.70. The number of nitrogens with one attached hydrogen (secondary N) is 1. The summed E-state index contributed by atoms with van der Waals surface area (Å²) in [6.45, 7) is 8.65. The maximum atomic E-state index is 11.1. The quantitative estimate of drug-likeness (QED) is 0.673. The Morgan fingerprint density at radius 1 is 1.45 bits per heavy atom. The van der Waals surface area contributed by atoms with Crippen molar-refractivity contribution in [3.63, 3.8) is 0 Å². The molecule has 110 valence electrons. The number of hydrogen-bond acceptors (Lipinski definition) is 6. The van der Waals surface area contributed by atoms with Crippen LogP contribution in [0, 0.1) is 15.5 Å². The van der Waals surface area contributed by atoms with Crippen molar-refractivity contribution in [2.24, 2.45) is 5.41 Å². The Hall–Kier alpha value is -1.92. The van der Waals surface area contributed by atoms with Gasteiger partial charge in [-0.05, 0) is 25.2 Å². The van der Waals surface area contributed by atoms with Gasteiger partial charge in [0.05, 0.1) is 4.92 Å². The SMILES string of the molecule is CCNc1ncc([N+](=O)[O-])c(N2CCC(C)(C)CC2)n1. The molecule has 1 saturated heterocycles. The van der Waals surface area contributed by atoms with Crippen molar-refractivity contribution in [2.75, 3.05) is 29.9 Å². The van der Waals surface area contributed by atoms with E-state index in [1.165, 1.54) is 6.20 Å². The topological polar surface area (TPSA) is 84.2 Å². The van der Waals surface area contributed by atoms with E-state index in [1.807, 2.05) is 11.8 Å². The zero-order chi connectivity index (χ0) is 14.8. The molecule has 0 amide bonds. The molecule has 7 nitrogen and oxygen atoms in total. The van der Waals surface area contributed by atoms with Gasteiger partial charge in [0, 0.05) is 19.6 Å². The summed E-state index contributed by atoms with van der Waals surface area (Å²) in [5.74, 6) is 0.870. The number of nitrogens with zero attached hydrogens (tertiary/aromatic N) is 4. The number of aromatic nitrogens is 2. The van der Waals surface area contributed by atoms with Gasteiger partial charge in [0.1, 0.15) is 6.20 Å². The predicted octanol–water partition coefficient (Wildman–Crippen LogP) is 2.44. The standard InChI is InChI=1S/C13H21N5O2/c1-4-14-12-15-9-10(18(19)20)11(16-12)17-7-5-13(2,3)6-8-17/h9H,4-8H2,1-3H3,(H,14,15,16). The molecule has 0 aliphatic carbocycles. The highest BCUT2D eigenvalue weighted by Crippen LogP contribution is 2.34. The molecule has 0 spiro atoms. The number of hydrogen-bond donors (Lipinski definition) is 1. The fourth-order valence-corrected chi connectivity index (χ4v) is 2.30. The molecule has 20 heavy (non-hydrogen) atoms. The highest BCUT2D eigenvalue weighted by atomic mass is 16.6. The summed E-state index contributed by atoms with van der Waals surface area (Å²) in [6, 6.07) is 0. The molecule has 0 unspecified atom stereocenters. The molecule has 1 aliphatic heterocycles. The van der Waals surface area contributed by atoms with Crippen LogP contribution in [0.25, 0.3) is 0 Å². The van der Waals surface area contributed by atoms with Crippen molar-refractivity contribution in [1.82, 2.24) is 9.97 Å². The Morgan fingerprint density at radius 3 is 2.65 bits per heavy atom. The predicted molar refractivity (Wildman–Crippen MR) is 78.1 cm³/mol. The van der Waals surface area contributed by atoms with E-state index >= 15 is 0 Å². The Labute approximate surface area is 118 Å². The van der Waals surface area contributed by atoms with Crippen LogP contribution in [0.5, 0.6) is 0 Å². The Bertz CT molecular complexity index is 494. The molecule has 2 heterocycles. The Morgan fingerprint density at radius 2 is 2.10 bits per heavy atom. The molecular weight excluding hydrogens is 258 g/mol. The van der Waals surface area contributed by atoms with Gasteiger partial charge in [0.25, 0.3) is 0 Å². The average Bonchev–Trinajstić information content (AvgIpc) is 2.38. The van der Waals surface area contributed by atoms with Gasteiger partial charge in [-0.15, -0.1) is 0 Å². The van der Waals surface area contributed by atoms with Crippen LogP contribution in [0.2, 0.25) is 0 Å². The van der Waals surface area contributed by atoms with Gasteiger partial charge in [0.15, 0.2) is 0 Å². The third kappa shape index (κ3) is 3.15. The number of piperidine rings is 1. The maximum Gasteiger partial charge on any atom is 0.329 e. The number of rotatable bonds is 4. The molecule has 0 radical (unpaired) electrons. The monoisotopic (exact) mass is 279 g/mol. The molecule has 1 aromatic heterocycles. The van der Waals surface area contributed by atoms with E-state index in [0.717, 1.165) is 25.9 Å². The summed E-state index contributed by atoms with van der Waals surface area (Å²) < 4.78 is 0. The fraction of sp³-hybridized carbons (Fsp3) is 0.692. The first kappa shape index (κ1) is 14.5. The Kier molecular flexibility index (Phi) is 4.06. The van der Waals surface area contributed by atoms with Gasteiger partial charge in [-0.3, -0.25) is 10.1 Å². The normalized spacial score (nSPS) is 17.9. The summed E-state index contributed by atoms with van der Waals surface area (Å²) in [4.78, 5) is 21.0. The van der Waals surface area contributed by atoms with Crippen LogP contribution in [0.4, 0.5) is 17.5 Å². The van der Waals surface area contributed by atoms with Crippen molar-refractivity contribution >= 4 is 17.5 Å². The minimum Gasteiger partial charge on any atom is -0.354 e. The highest BCUT2D eigenvalue weighted by Gasteiger charge is 2.30. The first-order valence-corrected chi connectivity index (χ1v) is 6.93. The van der Waals surface area contributed by atoms with Crippen LogP contribution < -0.4 is 10.2 Å². The van der Waals surface area contributed by atoms with Crippen molar-refractivity contribution in [2.45, 2.75) is 33.6 Å². The van der Waals surface area contributed by atoms with E-state index in [4.69, 9.17) is 0 Å². The first-order chi connectivity index (χ1) is 9.43. The van der Waals surface area contributed by atoms with Crippen molar-refractivity contribution < 1.29 is 4.92 Å². The van der Waals surface area contributed by atoms with Gasteiger partial charge < -0.3 is 10.2 Å². The van der Waals surface area contributed by atoms with Crippen LogP contribution in [0.15, 0.2) is 6.20 Å². The number of anilines is 2. The second-order valence-electron chi connectivity index (χ2n) is 5.84. The smallest absolute Gasteiger partial charge is 0.329 e. The third-order valence-electron chi connectivity index (χ3n) is 3.70. The van der Waals surface area contributed by atoms with Crippen LogP contribution >= 0.6 is 0 Å². The maximum absolute atomic E-state index is 11.1. The second kappa shape index (κ2) is 5.60. The first-order valence-electron chi connectivity index (χ1n) is 6.93. The van der Waals surface area contributed by atoms with Gasteiger partial charge in [0.2, 0.25) is 11.8 Å². The van der Waals surface area contributed by atoms with Crippen LogP contribution in [0.1, 0.15) is 33.6 Å². The lowest BCUT2D eigenvalue weighted by Crippen LogP contribution is -2.38. The van der Waals surface area contributed by atoms with Crippen molar-refractivity contribution in [1.29, 1.82) is 0 Å². The van der Waals surface area contributed by atoms with E-state index in [1.54, 1.807) is 0 Å². The van der Waals surface area contributed by atoms with Gasteiger partial charge >= 0.3 is 5.69 Å². The van der Waals surface area contributed by atoms with E-state index in [-0.39, 0.29) is 5.69 Å². The highest BCUT2D eigenvalue weighted by molar-refractivity contribution is 5.59. The molecule has 2 rings (SSSR count). The molecular formula is C13H21N5O2. The summed E-state index contributed by atoms with van der Waals surface area (Å²) in [5.41, 5.74) is 0.273. The van der Waals surface area contributed by atoms with Gasteiger partial charge in [-0.25, -0.2) is 4.98 Å². The van der Waals surface area contributed by atoms with E-state index < -0.39 is 4.92 Å². The van der Waals surface area contributed by atoms with Gasteiger partial charge in [-0.1, -0.05) is 13.8 Å². The Balaban J connectivity index is 2.28. The zero-order valence-electron chi connectivity index (χ0n) is 12.2. The van der Waals surface area contributed by atoms with Gasteiger partial charge in [-0.2, -0.15) is 4.98 Å². The molecule has 1 aliphatic rings. The van der Waals surface area contributed by atoms with Crippen LogP contribution in [-0.4, -0.2) is 34.5 Å². The minimum absolute atomic E-state index is 0.0219. The number of nitro groups is 1. The molecule has 0 atom stereocenters.